The summed E-state index contributed by atoms with van der Waals surface area (Å²) in [6.45, 7) is 8.71. The van der Waals surface area contributed by atoms with Gasteiger partial charge in [0.1, 0.15) is 0 Å². The van der Waals surface area contributed by atoms with Crippen LogP contribution in [0.25, 0.3) is 0 Å². The molecule has 1 aromatic carbocycles. The molecule has 0 unspecified atom stereocenters. The number of anilines is 1. The van der Waals surface area contributed by atoms with Gasteiger partial charge in [-0.25, -0.2) is 0 Å². The van der Waals surface area contributed by atoms with Crippen LogP contribution in [0, 0.1) is 0 Å². The molecule has 0 amide bonds. The summed E-state index contributed by atoms with van der Waals surface area (Å²) < 4.78 is 0. The van der Waals surface area contributed by atoms with E-state index in [-0.39, 0.29) is 0 Å². The molecule has 0 aromatic heterocycles. The molecule has 1 rings (SSSR count). The van der Waals surface area contributed by atoms with Gasteiger partial charge in [-0.05, 0) is 23.0 Å². The molecule has 16 heavy (non-hydrogen) atoms. The molecule has 0 spiro atoms. The van der Waals surface area contributed by atoms with Crippen molar-refractivity contribution in [3.63, 3.8) is 0 Å². The van der Waals surface area contributed by atoms with Gasteiger partial charge >= 0.3 is 39.3 Å². The monoisotopic (exact) mass is 393 g/mol. The van der Waals surface area contributed by atoms with Gasteiger partial charge in [0, 0.05) is 5.69 Å². The van der Waals surface area contributed by atoms with Crippen LogP contribution in [0.3, 0.4) is 0 Å². The molecule has 1 aromatic rings. The first-order valence-corrected chi connectivity index (χ1v) is 10.0. The summed E-state index contributed by atoms with van der Waals surface area (Å²) in [6.07, 6.45) is 0. The summed E-state index contributed by atoms with van der Waals surface area (Å²) in [7, 11) is 1.25. The van der Waals surface area contributed by atoms with Gasteiger partial charge in [-0.3, -0.25) is 0 Å². The first kappa shape index (κ1) is 16.5. The third-order valence-corrected chi connectivity index (χ3v) is 2.42. The van der Waals surface area contributed by atoms with Crippen LogP contribution in [0.5, 0.6) is 0 Å². The summed E-state index contributed by atoms with van der Waals surface area (Å²) in [5, 5.41) is 0. The zero-order valence-corrected chi connectivity index (χ0v) is 14.2. The zero-order valence-electron chi connectivity index (χ0n) is 10.0. The molecule has 0 radical (unpaired) electrons. The van der Waals surface area contributed by atoms with Crippen molar-refractivity contribution in [1.29, 1.82) is 0 Å². The van der Waals surface area contributed by atoms with E-state index < -0.39 is 0 Å². The maximum atomic E-state index is 6.09. The van der Waals surface area contributed by atoms with Crippen LogP contribution in [-0.4, -0.2) is 0 Å². The van der Waals surface area contributed by atoms with Crippen molar-refractivity contribution in [2.75, 3.05) is 5.73 Å². The second-order valence-corrected chi connectivity index (χ2v) is 9.19. The van der Waals surface area contributed by atoms with Crippen molar-refractivity contribution in [3.8, 4) is 0 Å². The summed E-state index contributed by atoms with van der Waals surface area (Å²) >= 11 is 6.00. The van der Waals surface area contributed by atoms with Gasteiger partial charge in [0.2, 0.25) is 0 Å². The molecule has 0 fully saturated rings. The van der Waals surface area contributed by atoms with Crippen molar-refractivity contribution in [3.05, 3.63) is 29.3 Å². The number of nitrogens with two attached hydrogens (primary N) is 1. The molecule has 0 atom stereocenters. The Hall–Kier alpha value is 0.474. The molecule has 0 aliphatic carbocycles. The number of hydrogen-bond donors (Lipinski definition) is 1. The minimum atomic E-state index is 0.513. The van der Waals surface area contributed by atoms with Crippen LogP contribution in [0.1, 0.15) is 50.7 Å². The number of halogens is 2. The Morgan fingerprint density at radius 1 is 1.00 bits per heavy atom. The molecule has 2 N–H and O–H groups in total. The van der Waals surface area contributed by atoms with Crippen LogP contribution in [-0.2, 0) is 10.9 Å². The fraction of sp³-hybridized carbons (Fsp3) is 0.500. The van der Waals surface area contributed by atoms with Crippen LogP contribution < -0.4 is 5.73 Å². The van der Waals surface area contributed by atoms with Crippen molar-refractivity contribution in [2.45, 2.75) is 39.5 Å². The number of hydrogen-bond acceptors (Lipinski definition) is 1. The van der Waals surface area contributed by atoms with Crippen LogP contribution >= 0.6 is 28.5 Å². The standard InChI is InChI=1S/C12H19N.2BrH.Ni/c1-8(2)10-6-5-7-11(9(3)4)12(10)13;;;/h5-9H,13H2,1-4H3;2*1H;/q;;;+2/p-2. The molecule has 0 saturated heterocycles. The Bertz CT molecular complexity index is 288. The maximum absolute atomic E-state index is 6.09. The van der Waals surface area contributed by atoms with Crippen molar-refractivity contribution < 1.29 is 10.9 Å². The van der Waals surface area contributed by atoms with E-state index in [9.17, 15) is 0 Å². The molecule has 4 heteroatoms. The molecule has 0 bridgehead atoms. The zero-order chi connectivity index (χ0) is 12.7. The Morgan fingerprint density at radius 2 is 1.31 bits per heavy atom. The van der Waals surface area contributed by atoms with Gasteiger partial charge in [0.05, 0.1) is 0 Å². The average molecular weight is 396 g/mol. The van der Waals surface area contributed by atoms with Crippen molar-refractivity contribution in [2.24, 2.45) is 0 Å². The van der Waals surface area contributed by atoms with Gasteiger partial charge in [0.25, 0.3) is 0 Å². The molecular weight excluding hydrogens is 377 g/mol. The van der Waals surface area contributed by atoms with Gasteiger partial charge in [-0.1, -0.05) is 45.9 Å². The molecular formula is C12H19Br2NNi. The van der Waals surface area contributed by atoms with Gasteiger partial charge in [0.15, 0.2) is 0 Å². The fourth-order valence-corrected chi connectivity index (χ4v) is 1.61. The number of para-hydroxylation sites is 1. The number of rotatable bonds is 2. The van der Waals surface area contributed by atoms with E-state index in [1.54, 1.807) is 0 Å². The van der Waals surface area contributed by atoms with Gasteiger partial charge in [-0.2, -0.15) is 0 Å². The van der Waals surface area contributed by atoms with Crippen LogP contribution in [0.15, 0.2) is 18.2 Å². The predicted octanol–water partition coefficient (Wildman–Crippen LogP) is 5.20. The Morgan fingerprint density at radius 3 is 1.56 bits per heavy atom. The summed E-state index contributed by atoms with van der Waals surface area (Å²) in [5.41, 5.74) is 9.60. The Kier molecular flexibility index (Phi) is 8.80. The first-order valence-electron chi connectivity index (χ1n) is 5.16. The summed E-state index contributed by atoms with van der Waals surface area (Å²) in [5.74, 6) is 1.03. The fourth-order valence-electron chi connectivity index (χ4n) is 1.61. The molecule has 0 aliphatic rings. The van der Waals surface area contributed by atoms with Crippen molar-refractivity contribution >= 4 is 34.1 Å². The first-order chi connectivity index (χ1) is 7.45. The summed E-state index contributed by atoms with van der Waals surface area (Å²) in [6, 6.07) is 6.33. The van der Waals surface area contributed by atoms with E-state index in [4.69, 9.17) is 5.73 Å². The number of benzene rings is 1. The minimum absolute atomic E-state index is 0.513. The second kappa shape index (κ2) is 8.55. The third-order valence-electron chi connectivity index (χ3n) is 2.42. The van der Waals surface area contributed by atoms with Gasteiger partial charge in [-0.15, -0.1) is 0 Å². The predicted molar refractivity (Wildman–Crippen MR) is 76.9 cm³/mol. The van der Waals surface area contributed by atoms with Gasteiger partial charge < -0.3 is 5.73 Å². The quantitative estimate of drug-likeness (QED) is 0.540. The molecule has 1 nitrogen and oxygen atoms in total. The Balaban J connectivity index is 0.000000673. The summed E-state index contributed by atoms with van der Waals surface area (Å²) in [4.78, 5) is 0. The normalized spacial score (nSPS) is 10.5. The van der Waals surface area contributed by atoms with Crippen LogP contribution in [0.4, 0.5) is 5.69 Å². The van der Waals surface area contributed by atoms with E-state index >= 15 is 0 Å². The Labute approximate surface area is 119 Å². The average Bonchev–Trinajstić information content (AvgIpc) is 2.18. The van der Waals surface area contributed by atoms with Crippen molar-refractivity contribution in [1.82, 2.24) is 0 Å². The van der Waals surface area contributed by atoms with E-state index in [0.29, 0.717) is 11.8 Å². The van der Waals surface area contributed by atoms with E-state index in [1.165, 1.54) is 22.0 Å². The SMILES string of the molecule is CC(C)c1cccc(C(C)C)c1N.[Br][Ni][Br]. The second-order valence-electron chi connectivity index (χ2n) is 4.20. The van der Waals surface area contributed by atoms with E-state index in [1.807, 2.05) is 0 Å². The third kappa shape index (κ3) is 5.20. The van der Waals surface area contributed by atoms with E-state index in [2.05, 4.69) is 74.3 Å². The van der Waals surface area contributed by atoms with Crippen LogP contribution in [0.2, 0.25) is 0 Å². The molecule has 0 aliphatic heterocycles. The number of nitrogen functional groups attached to an aromatic ring is 1. The topological polar surface area (TPSA) is 26.0 Å². The molecule has 96 valence electrons. The molecule has 0 saturated carbocycles. The van der Waals surface area contributed by atoms with E-state index in [0.717, 1.165) is 5.69 Å². The molecule has 0 heterocycles.